The summed E-state index contributed by atoms with van der Waals surface area (Å²) in [6.45, 7) is 4.61. The zero-order valence-corrected chi connectivity index (χ0v) is 21.6. The Kier molecular flexibility index (Phi) is 7.40. The van der Waals surface area contributed by atoms with Crippen LogP contribution in [0.25, 0.3) is 0 Å². The highest BCUT2D eigenvalue weighted by atomic mass is 16.5. The number of carbonyl (C=O) groups is 1. The van der Waals surface area contributed by atoms with Crippen molar-refractivity contribution in [1.82, 2.24) is 10.2 Å². The molecule has 36 heavy (non-hydrogen) atoms. The first-order valence-electron chi connectivity index (χ1n) is 13.1. The lowest BCUT2D eigenvalue weighted by atomic mass is 9.70. The number of anilines is 1. The molecule has 5 heteroatoms. The Morgan fingerprint density at radius 3 is 2.17 bits per heavy atom. The fourth-order valence-corrected chi connectivity index (χ4v) is 6.22. The lowest BCUT2D eigenvalue weighted by molar-refractivity contribution is -0.116. The van der Waals surface area contributed by atoms with E-state index in [2.05, 4.69) is 76.9 Å². The standard InChI is InChI=1S/C31H37N3O2/c1-22(35)33(2)27-14-15-28(36-3)26(20-27)21-32-30-25-16-18-34(19-17-25)31(30)29(23-10-6-4-7-11-23)24-12-8-5-9-13-24/h4-15,20,25,29-32H,16-19,21H2,1-3H3/t30-,31-/m0/s1. The monoisotopic (exact) mass is 483 g/mol. The van der Waals surface area contributed by atoms with Crippen molar-refractivity contribution in [2.45, 2.75) is 44.3 Å². The topological polar surface area (TPSA) is 44.8 Å². The minimum absolute atomic E-state index is 0.0186. The van der Waals surface area contributed by atoms with Crippen LogP contribution in [-0.4, -0.2) is 50.1 Å². The molecular formula is C31H37N3O2. The number of hydrogen-bond acceptors (Lipinski definition) is 4. The second-order valence-electron chi connectivity index (χ2n) is 10.1. The smallest absolute Gasteiger partial charge is 0.223 e. The number of amides is 1. The lowest BCUT2D eigenvalue weighted by Gasteiger charge is -2.54. The molecule has 0 unspecified atom stereocenters. The van der Waals surface area contributed by atoms with Crippen molar-refractivity contribution < 1.29 is 9.53 Å². The van der Waals surface area contributed by atoms with E-state index in [0.29, 0.717) is 30.5 Å². The number of nitrogens with zero attached hydrogens (tertiary/aromatic N) is 2. The average Bonchev–Trinajstić information content (AvgIpc) is 2.93. The Morgan fingerprint density at radius 1 is 1.00 bits per heavy atom. The second-order valence-corrected chi connectivity index (χ2v) is 10.1. The van der Waals surface area contributed by atoms with E-state index in [1.807, 2.05) is 19.2 Å². The first kappa shape index (κ1) is 24.5. The summed E-state index contributed by atoms with van der Waals surface area (Å²) >= 11 is 0. The summed E-state index contributed by atoms with van der Waals surface area (Å²) in [5.74, 6) is 1.81. The zero-order valence-electron chi connectivity index (χ0n) is 21.6. The van der Waals surface area contributed by atoms with E-state index in [4.69, 9.17) is 4.74 Å². The molecule has 3 heterocycles. The van der Waals surface area contributed by atoms with Crippen LogP contribution >= 0.6 is 0 Å². The molecule has 1 N–H and O–H groups in total. The number of ether oxygens (including phenoxy) is 1. The quantitative estimate of drug-likeness (QED) is 0.486. The van der Waals surface area contributed by atoms with Gasteiger partial charge in [-0.25, -0.2) is 0 Å². The number of carbonyl (C=O) groups excluding carboxylic acids is 1. The molecule has 0 aromatic heterocycles. The molecule has 6 rings (SSSR count). The van der Waals surface area contributed by atoms with Crippen LogP contribution in [0.5, 0.6) is 5.75 Å². The van der Waals surface area contributed by atoms with Crippen LogP contribution in [0.3, 0.4) is 0 Å². The van der Waals surface area contributed by atoms with Crippen LogP contribution in [0, 0.1) is 5.92 Å². The second kappa shape index (κ2) is 10.9. The van der Waals surface area contributed by atoms with Crippen molar-refractivity contribution in [2.24, 2.45) is 5.92 Å². The van der Waals surface area contributed by atoms with Gasteiger partial charge in [0.15, 0.2) is 0 Å². The molecule has 3 aromatic carbocycles. The summed E-state index contributed by atoms with van der Waals surface area (Å²) < 4.78 is 5.70. The van der Waals surface area contributed by atoms with Gasteiger partial charge in [-0.3, -0.25) is 9.69 Å². The molecule has 3 fully saturated rings. The number of nitrogens with one attached hydrogen (secondary N) is 1. The van der Waals surface area contributed by atoms with Crippen LogP contribution in [0.15, 0.2) is 78.9 Å². The molecule has 2 bridgehead atoms. The first-order chi connectivity index (χ1) is 17.6. The maximum absolute atomic E-state index is 12.0. The summed E-state index contributed by atoms with van der Waals surface area (Å²) in [6.07, 6.45) is 2.46. The molecule has 0 aliphatic carbocycles. The Hall–Kier alpha value is -3.15. The fourth-order valence-electron chi connectivity index (χ4n) is 6.22. The summed E-state index contributed by atoms with van der Waals surface area (Å²) in [4.78, 5) is 16.4. The largest absolute Gasteiger partial charge is 0.496 e. The summed E-state index contributed by atoms with van der Waals surface area (Å²) in [5.41, 5.74) is 4.71. The molecule has 2 atom stereocenters. The number of benzene rings is 3. The minimum Gasteiger partial charge on any atom is -0.496 e. The number of piperidine rings is 3. The van der Waals surface area contributed by atoms with Crippen LogP contribution in [0.1, 0.15) is 42.4 Å². The van der Waals surface area contributed by atoms with Gasteiger partial charge >= 0.3 is 0 Å². The van der Waals surface area contributed by atoms with Crippen molar-refractivity contribution in [1.29, 1.82) is 0 Å². The summed E-state index contributed by atoms with van der Waals surface area (Å²) in [5, 5.41) is 3.98. The Bertz CT molecular complexity index is 1120. The van der Waals surface area contributed by atoms with Gasteiger partial charge in [-0.05, 0) is 61.2 Å². The van der Waals surface area contributed by atoms with Crippen molar-refractivity contribution >= 4 is 11.6 Å². The molecule has 3 saturated heterocycles. The van der Waals surface area contributed by atoms with Gasteiger partial charge in [0.2, 0.25) is 5.91 Å². The van der Waals surface area contributed by atoms with E-state index in [0.717, 1.165) is 30.1 Å². The van der Waals surface area contributed by atoms with Gasteiger partial charge < -0.3 is 15.0 Å². The van der Waals surface area contributed by atoms with Crippen molar-refractivity contribution in [3.8, 4) is 5.75 Å². The van der Waals surface area contributed by atoms with E-state index < -0.39 is 0 Å². The summed E-state index contributed by atoms with van der Waals surface area (Å²) in [6, 6.07) is 28.7. The molecule has 0 saturated carbocycles. The van der Waals surface area contributed by atoms with E-state index in [1.54, 1.807) is 18.9 Å². The summed E-state index contributed by atoms with van der Waals surface area (Å²) in [7, 11) is 3.53. The molecule has 5 nitrogen and oxygen atoms in total. The number of methoxy groups -OCH3 is 1. The third-order valence-electron chi connectivity index (χ3n) is 8.18. The first-order valence-corrected chi connectivity index (χ1v) is 13.1. The third kappa shape index (κ3) is 4.91. The maximum atomic E-state index is 12.0. The van der Waals surface area contributed by atoms with Crippen LogP contribution in [0.2, 0.25) is 0 Å². The highest BCUT2D eigenvalue weighted by molar-refractivity contribution is 5.91. The van der Waals surface area contributed by atoms with Gasteiger partial charge in [0.1, 0.15) is 5.75 Å². The molecule has 3 aliphatic rings. The fraction of sp³-hybridized carbons (Fsp3) is 0.387. The maximum Gasteiger partial charge on any atom is 0.223 e. The SMILES string of the molecule is COc1ccc(N(C)C(C)=O)cc1CN[C@H]1C2CCN(CC2)[C@H]1C(c1ccccc1)c1ccccc1. The van der Waals surface area contributed by atoms with Gasteiger partial charge in [0.25, 0.3) is 0 Å². The van der Waals surface area contributed by atoms with Gasteiger partial charge in [-0.2, -0.15) is 0 Å². The van der Waals surface area contributed by atoms with E-state index in [-0.39, 0.29) is 5.91 Å². The molecule has 0 radical (unpaired) electrons. The number of rotatable bonds is 8. The molecule has 1 amide bonds. The highest BCUT2D eigenvalue weighted by Gasteiger charge is 2.46. The molecule has 0 spiro atoms. The van der Waals surface area contributed by atoms with E-state index in [1.165, 1.54) is 24.0 Å². The molecule has 3 aromatic rings. The lowest BCUT2D eigenvalue weighted by Crippen LogP contribution is -2.64. The highest BCUT2D eigenvalue weighted by Crippen LogP contribution is 2.42. The normalized spacial score (nSPS) is 23.0. The Morgan fingerprint density at radius 2 is 1.61 bits per heavy atom. The van der Waals surface area contributed by atoms with Crippen molar-refractivity contribution in [3.63, 3.8) is 0 Å². The van der Waals surface area contributed by atoms with Crippen LogP contribution in [0.4, 0.5) is 5.69 Å². The Balaban J connectivity index is 1.47. The third-order valence-corrected chi connectivity index (χ3v) is 8.18. The minimum atomic E-state index is 0.0186. The van der Waals surface area contributed by atoms with Crippen LogP contribution < -0.4 is 15.0 Å². The predicted octanol–water partition coefficient (Wildman–Crippen LogP) is 5.06. The number of hydrogen-bond donors (Lipinski definition) is 1. The van der Waals surface area contributed by atoms with Crippen molar-refractivity contribution in [2.75, 3.05) is 32.1 Å². The predicted molar refractivity (Wildman–Crippen MR) is 146 cm³/mol. The average molecular weight is 484 g/mol. The van der Waals surface area contributed by atoms with Gasteiger partial charge in [0, 0.05) is 49.8 Å². The molecule has 188 valence electrons. The van der Waals surface area contributed by atoms with Crippen molar-refractivity contribution in [3.05, 3.63) is 95.6 Å². The van der Waals surface area contributed by atoms with E-state index >= 15 is 0 Å². The van der Waals surface area contributed by atoms with Gasteiger partial charge in [-0.15, -0.1) is 0 Å². The number of fused-ring (bicyclic) bond motifs is 3. The van der Waals surface area contributed by atoms with Gasteiger partial charge in [-0.1, -0.05) is 60.7 Å². The molecule has 3 aliphatic heterocycles. The van der Waals surface area contributed by atoms with Gasteiger partial charge in [0.05, 0.1) is 7.11 Å². The molecular weight excluding hydrogens is 446 g/mol. The van der Waals surface area contributed by atoms with Crippen LogP contribution in [-0.2, 0) is 11.3 Å². The Labute approximate surface area is 215 Å². The van der Waals surface area contributed by atoms with E-state index in [9.17, 15) is 4.79 Å². The zero-order chi connectivity index (χ0) is 25.1.